The molecule has 2 aromatic carbocycles. The molecule has 3 atom stereocenters. The zero-order chi connectivity index (χ0) is 33.6. The first-order chi connectivity index (χ1) is 22.6. The monoisotopic (exact) mass is 681 g/mol. The normalized spacial score (nSPS) is 19.9. The van der Waals surface area contributed by atoms with E-state index in [1.165, 1.54) is 18.2 Å². The van der Waals surface area contributed by atoms with E-state index in [-0.39, 0.29) is 79.0 Å². The number of ether oxygens (including phenoxy) is 2. The molecule has 2 aromatic heterocycles. The van der Waals surface area contributed by atoms with Gasteiger partial charge in [0.05, 0.1) is 34.0 Å². The molecule has 2 aliphatic heterocycles. The second kappa shape index (κ2) is 13.2. The Balaban J connectivity index is 1.53. The first kappa shape index (κ1) is 32.8. The summed E-state index contributed by atoms with van der Waals surface area (Å²) in [5, 5.41) is 10.5. The number of nitrogen functional groups attached to an aromatic ring is 1. The number of rotatable bonds is 9. The molecule has 10 nitrogen and oxygen atoms in total. The lowest BCUT2D eigenvalue weighted by atomic mass is 9.97. The summed E-state index contributed by atoms with van der Waals surface area (Å²) in [6.45, 7) is 5.63. The molecular formula is C33H34ClF2N7O3S. The molecule has 4 aromatic rings. The molecule has 2 aliphatic rings. The summed E-state index contributed by atoms with van der Waals surface area (Å²) >= 11 is 7.77. The number of nitrogens with two attached hydrogens (primary N) is 1. The maximum atomic E-state index is 17.0. The Labute approximate surface area is 279 Å². The molecule has 1 amide bonds. The van der Waals surface area contributed by atoms with Gasteiger partial charge in [0.15, 0.2) is 5.82 Å². The quantitative estimate of drug-likeness (QED) is 0.225. The summed E-state index contributed by atoms with van der Waals surface area (Å²) in [7, 11) is 5.42. The number of fused-ring (bicyclic) bond motifs is 2. The van der Waals surface area contributed by atoms with Crippen molar-refractivity contribution in [1.29, 1.82) is 5.26 Å². The molecule has 2 fully saturated rings. The average molecular weight is 682 g/mol. The van der Waals surface area contributed by atoms with Gasteiger partial charge in [0.25, 0.3) is 0 Å². The Morgan fingerprint density at radius 2 is 2.09 bits per heavy atom. The van der Waals surface area contributed by atoms with Crippen molar-refractivity contribution >= 4 is 60.7 Å². The molecule has 0 bridgehead atoms. The summed E-state index contributed by atoms with van der Waals surface area (Å²) < 4.78 is 43.6. The van der Waals surface area contributed by atoms with Crippen LogP contribution in [0.3, 0.4) is 0 Å². The van der Waals surface area contributed by atoms with E-state index < -0.39 is 11.6 Å². The number of carbonyl (C=O) groups excluding carboxylic acids is 1. The maximum Gasteiger partial charge on any atom is 0.319 e. The lowest BCUT2D eigenvalue weighted by molar-refractivity contribution is -0.127. The van der Waals surface area contributed by atoms with Crippen molar-refractivity contribution in [3.63, 3.8) is 0 Å². The third kappa shape index (κ3) is 5.73. The molecular weight excluding hydrogens is 648 g/mol. The Bertz CT molecular complexity index is 1930. The van der Waals surface area contributed by atoms with Crippen LogP contribution in [0.25, 0.3) is 32.1 Å². The molecule has 246 valence electrons. The zero-order valence-electron chi connectivity index (χ0n) is 26.2. The van der Waals surface area contributed by atoms with Gasteiger partial charge in [-0.3, -0.25) is 4.79 Å². The van der Waals surface area contributed by atoms with Crippen molar-refractivity contribution in [1.82, 2.24) is 19.8 Å². The molecule has 0 saturated carbocycles. The first-order valence-corrected chi connectivity index (χ1v) is 16.4. The van der Waals surface area contributed by atoms with Crippen LogP contribution in [-0.4, -0.2) is 91.3 Å². The number of nitrogens with zero attached hydrogens (tertiary/aromatic N) is 6. The molecule has 2 N–H and O–H groups in total. The highest BCUT2D eigenvalue weighted by Gasteiger charge is 2.40. The number of anilines is 2. The van der Waals surface area contributed by atoms with Gasteiger partial charge in [-0.15, -0.1) is 11.3 Å². The number of hydrogen-bond donors (Lipinski definition) is 1. The van der Waals surface area contributed by atoms with Crippen LogP contribution in [0.15, 0.2) is 30.9 Å². The minimum absolute atomic E-state index is 0.0133. The van der Waals surface area contributed by atoms with Crippen molar-refractivity contribution < 1.29 is 23.0 Å². The zero-order valence-corrected chi connectivity index (χ0v) is 27.8. The Morgan fingerprint density at radius 1 is 1.30 bits per heavy atom. The van der Waals surface area contributed by atoms with E-state index in [2.05, 4.69) is 16.5 Å². The standard InChI is InChI=1S/C33H34ClF2N7O3S/c1-5-25(44)43-12-10-23(24(43)16-45-4)42(3)32-19-13-21(34)27(18-8-9-22(35)30-26(18)20(14-37)31(38)47-30)28(36)29(19)39-33(40-32)46-15-17-7-6-11-41(17)2/h5,8-9,13,17,23-24H,1,6-7,10-12,15-16,38H2,2-4H3/t17-,23?,24+/m0/s1. The third-order valence-corrected chi connectivity index (χ3v) is 10.6. The van der Waals surface area contributed by atoms with E-state index in [9.17, 15) is 14.4 Å². The molecule has 2 saturated heterocycles. The Morgan fingerprint density at radius 3 is 2.77 bits per heavy atom. The number of thiophene rings is 1. The molecule has 14 heteroatoms. The minimum atomic E-state index is -0.780. The van der Waals surface area contributed by atoms with Crippen LogP contribution in [0.1, 0.15) is 24.8 Å². The van der Waals surface area contributed by atoms with Gasteiger partial charge in [-0.05, 0) is 56.6 Å². The predicted molar refractivity (Wildman–Crippen MR) is 180 cm³/mol. The van der Waals surface area contributed by atoms with Crippen LogP contribution in [0.2, 0.25) is 5.02 Å². The fourth-order valence-corrected chi connectivity index (χ4v) is 8.06. The molecule has 1 unspecified atom stereocenters. The average Bonchev–Trinajstić information content (AvgIpc) is 3.77. The van der Waals surface area contributed by atoms with Crippen LogP contribution in [-0.2, 0) is 9.53 Å². The highest BCUT2D eigenvalue weighted by molar-refractivity contribution is 7.23. The third-order valence-electron chi connectivity index (χ3n) is 9.25. The van der Waals surface area contributed by atoms with E-state index >= 15 is 4.39 Å². The molecule has 0 aliphatic carbocycles. The number of amides is 1. The van der Waals surface area contributed by atoms with Gasteiger partial charge in [0, 0.05) is 43.1 Å². The van der Waals surface area contributed by atoms with Crippen molar-refractivity contribution in [3.05, 3.63) is 53.1 Å². The number of aromatic nitrogens is 2. The largest absolute Gasteiger partial charge is 0.462 e. The van der Waals surface area contributed by atoms with Crippen LogP contribution >= 0.6 is 22.9 Å². The van der Waals surface area contributed by atoms with Gasteiger partial charge in [-0.25, -0.2) is 8.78 Å². The predicted octanol–water partition coefficient (Wildman–Crippen LogP) is 5.61. The van der Waals surface area contributed by atoms with E-state index in [0.29, 0.717) is 30.8 Å². The maximum absolute atomic E-state index is 17.0. The first-order valence-electron chi connectivity index (χ1n) is 15.2. The van der Waals surface area contributed by atoms with E-state index in [0.717, 1.165) is 30.7 Å². The lowest BCUT2D eigenvalue weighted by Gasteiger charge is -2.33. The highest BCUT2D eigenvalue weighted by Crippen LogP contribution is 2.46. The lowest BCUT2D eigenvalue weighted by Crippen LogP contribution is -2.48. The summed E-state index contributed by atoms with van der Waals surface area (Å²) in [4.78, 5) is 27.8. The number of halogens is 3. The van der Waals surface area contributed by atoms with Crippen LogP contribution in [0, 0.1) is 23.0 Å². The van der Waals surface area contributed by atoms with Gasteiger partial charge in [0.1, 0.15) is 34.8 Å². The molecule has 0 radical (unpaired) electrons. The van der Waals surface area contributed by atoms with Crippen molar-refractivity contribution in [2.75, 3.05) is 58.1 Å². The number of likely N-dealkylation sites (tertiary alicyclic amines) is 2. The van der Waals surface area contributed by atoms with Gasteiger partial charge in [-0.1, -0.05) is 24.2 Å². The topological polar surface area (TPSA) is 121 Å². The fourth-order valence-electron chi connectivity index (χ4n) is 6.82. The molecule has 0 spiro atoms. The second-order valence-corrected chi connectivity index (χ2v) is 13.3. The van der Waals surface area contributed by atoms with Crippen LogP contribution in [0.5, 0.6) is 6.01 Å². The summed E-state index contributed by atoms with van der Waals surface area (Å²) in [6, 6.07) is 5.73. The van der Waals surface area contributed by atoms with Gasteiger partial charge < -0.3 is 29.9 Å². The van der Waals surface area contributed by atoms with E-state index in [4.69, 9.17) is 31.8 Å². The van der Waals surface area contributed by atoms with Gasteiger partial charge in [-0.2, -0.15) is 15.2 Å². The van der Waals surface area contributed by atoms with Crippen LogP contribution in [0.4, 0.5) is 19.6 Å². The van der Waals surface area contributed by atoms with Gasteiger partial charge >= 0.3 is 6.01 Å². The molecule has 47 heavy (non-hydrogen) atoms. The van der Waals surface area contributed by atoms with Crippen molar-refractivity contribution in [3.8, 4) is 23.2 Å². The van der Waals surface area contributed by atoms with E-state index in [1.807, 2.05) is 25.1 Å². The minimum Gasteiger partial charge on any atom is -0.462 e. The number of carbonyl (C=O) groups is 1. The smallest absolute Gasteiger partial charge is 0.319 e. The van der Waals surface area contributed by atoms with Crippen molar-refractivity contribution in [2.24, 2.45) is 0 Å². The Hall–Kier alpha value is -4.09. The number of likely N-dealkylation sites (N-methyl/N-ethyl adjacent to an activating group) is 2. The summed E-state index contributed by atoms with van der Waals surface area (Å²) in [5.41, 5.74) is 6.22. The van der Waals surface area contributed by atoms with Gasteiger partial charge in [0.2, 0.25) is 5.91 Å². The molecule has 6 rings (SSSR count). The summed E-state index contributed by atoms with van der Waals surface area (Å²) in [6.07, 6.45) is 3.86. The fraction of sp³-hybridized carbons (Fsp3) is 0.394. The number of nitriles is 1. The van der Waals surface area contributed by atoms with Crippen molar-refractivity contribution in [2.45, 2.75) is 37.4 Å². The summed E-state index contributed by atoms with van der Waals surface area (Å²) in [5.74, 6) is -1.21. The SMILES string of the molecule is C=CC(=O)N1CCC(N(C)c2nc(OC[C@@H]3CCCN3C)nc3c(F)c(-c4ccc(F)c5sc(N)c(C#N)c45)c(Cl)cc23)[C@H]1COC. The second-order valence-electron chi connectivity index (χ2n) is 11.8. The Kier molecular flexibility index (Phi) is 9.22. The number of hydrogen-bond acceptors (Lipinski definition) is 10. The van der Waals surface area contributed by atoms with E-state index in [1.54, 1.807) is 18.1 Å². The number of methoxy groups -OCH3 is 1. The number of benzene rings is 2. The highest BCUT2D eigenvalue weighted by atomic mass is 35.5. The molecule has 4 heterocycles. The van der Waals surface area contributed by atoms with Crippen LogP contribution < -0.4 is 15.4 Å².